The smallest absolute Gasteiger partial charge is 0.100 e. The van der Waals surface area contributed by atoms with E-state index < -0.39 is 0 Å². The number of methoxy groups -OCH3 is 1. The van der Waals surface area contributed by atoms with Crippen molar-refractivity contribution in [1.29, 1.82) is 0 Å². The topological polar surface area (TPSA) is 27.7 Å². The lowest BCUT2D eigenvalue weighted by molar-refractivity contribution is -0.153. The Kier molecular flexibility index (Phi) is 5.90. The number of rotatable bonds is 7. The predicted molar refractivity (Wildman–Crippen MR) is 60.5 cm³/mol. The Morgan fingerprint density at radius 3 is 2.73 bits per heavy atom. The van der Waals surface area contributed by atoms with E-state index in [0.29, 0.717) is 6.61 Å². The van der Waals surface area contributed by atoms with Crippen LogP contribution in [0.4, 0.5) is 0 Å². The summed E-state index contributed by atoms with van der Waals surface area (Å²) in [4.78, 5) is 0. The normalized spacial score (nSPS) is 32.4. The van der Waals surface area contributed by atoms with Gasteiger partial charge in [-0.2, -0.15) is 0 Å². The molecular formula is C11H21ClO3. The third kappa shape index (κ3) is 3.91. The van der Waals surface area contributed by atoms with Crippen molar-refractivity contribution < 1.29 is 14.2 Å². The minimum Gasteiger partial charge on any atom is -0.382 e. The minimum absolute atomic E-state index is 0.0610. The van der Waals surface area contributed by atoms with Gasteiger partial charge in [-0.3, -0.25) is 0 Å². The van der Waals surface area contributed by atoms with Crippen molar-refractivity contribution in [3.8, 4) is 0 Å². The summed E-state index contributed by atoms with van der Waals surface area (Å²) < 4.78 is 16.4. The van der Waals surface area contributed by atoms with Gasteiger partial charge in [-0.25, -0.2) is 0 Å². The Morgan fingerprint density at radius 2 is 2.20 bits per heavy atom. The molecule has 1 aliphatic rings. The lowest BCUT2D eigenvalue weighted by Gasteiger charge is -2.41. The summed E-state index contributed by atoms with van der Waals surface area (Å²) in [5.41, 5.74) is 0. The first-order valence-corrected chi connectivity index (χ1v) is 6.02. The van der Waals surface area contributed by atoms with Gasteiger partial charge in [0.25, 0.3) is 0 Å². The number of hydrogen-bond acceptors (Lipinski definition) is 3. The molecule has 4 unspecified atom stereocenters. The number of hydrogen-bond donors (Lipinski definition) is 0. The van der Waals surface area contributed by atoms with Gasteiger partial charge in [-0.05, 0) is 19.8 Å². The van der Waals surface area contributed by atoms with Gasteiger partial charge < -0.3 is 14.2 Å². The first kappa shape index (κ1) is 13.2. The van der Waals surface area contributed by atoms with Crippen LogP contribution in [0.25, 0.3) is 0 Å². The van der Waals surface area contributed by atoms with Gasteiger partial charge >= 0.3 is 0 Å². The van der Waals surface area contributed by atoms with Crippen LogP contribution in [0.1, 0.15) is 26.7 Å². The SMILES string of the molecule is CCCOC1C(Cl)CC1OC(C)COC. The molecule has 0 N–H and O–H groups in total. The molecular weight excluding hydrogens is 216 g/mol. The largest absolute Gasteiger partial charge is 0.382 e. The molecule has 1 aliphatic carbocycles. The Bertz CT molecular complexity index is 177. The number of halogens is 1. The molecule has 0 aromatic rings. The van der Waals surface area contributed by atoms with E-state index in [0.717, 1.165) is 19.4 Å². The van der Waals surface area contributed by atoms with Crippen molar-refractivity contribution in [1.82, 2.24) is 0 Å². The van der Waals surface area contributed by atoms with Crippen LogP contribution >= 0.6 is 11.6 Å². The zero-order valence-corrected chi connectivity index (χ0v) is 10.5. The second-order valence-corrected chi connectivity index (χ2v) is 4.59. The predicted octanol–water partition coefficient (Wildman–Crippen LogP) is 2.21. The van der Waals surface area contributed by atoms with E-state index in [4.69, 9.17) is 25.8 Å². The molecule has 0 aromatic carbocycles. The standard InChI is InChI=1S/C11H21ClO3/c1-4-5-14-11-9(12)6-10(11)15-8(2)7-13-3/h8-11H,4-7H2,1-3H3. The molecule has 0 aromatic heterocycles. The molecule has 3 nitrogen and oxygen atoms in total. The van der Waals surface area contributed by atoms with E-state index in [-0.39, 0.29) is 23.7 Å². The summed E-state index contributed by atoms with van der Waals surface area (Å²) in [6.07, 6.45) is 2.21. The van der Waals surface area contributed by atoms with Gasteiger partial charge in [0.2, 0.25) is 0 Å². The van der Waals surface area contributed by atoms with E-state index in [1.54, 1.807) is 7.11 Å². The molecule has 0 saturated heterocycles. The molecule has 1 saturated carbocycles. The highest BCUT2D eigenvalue weighted by atomic mass is 35.5. The highest BCUT2D eigenvalue weighted by molar-refractivity contribution is 6.21. The molecule has 90 valence electrons. The van der Waals surface area contributed by atoms with Crippen LogP contribution in [0.15, 0.2) is 0 Å². The molecule has 0 amide bonds. The van der Waals surface area contributed by atoms with Crippen molar-refractivity contribution in [2.24, 2.45) is 0 Å². The van der Waals surface area contributed by atoms with Crippen LogP contribution < -0.4 is 0 Å². The first-order valence-electron chi connectivity index (χ1n) is 5.59. The lowest BCUT2D eigenvalue weighted by Crippen LogP contribution is -2.52. The molecule has 1 rings (SSSR count). The monoisotopic (exact) mass is 236 g/mol. The second-order valence-electron chi connectivity index (χ2n) is 4.03. The Hall–Kier alpha value is 0.170. The van der Waals surface area contributed by atoms with E-state index >= 15 is 0 Å². The molecule has 0 spiro atoms. The fraction of sp³-hybridized carbons (Fsp3) is 1.00. The molecule has 15 heavy (non-hydrogen) atoms. The summed E-state index contributed by atoms with van der Waals surface area (Å²) in [7, 11) is 1.68. The zero-order chi connectivity index (χ0) is 11.3. The van der Waals surface area contributed by atoms with Gasteiger partial charge in [0.1, 0.15) is 6.10 Å². The molecule has 0 heterocycles. The van der Waals surface area contributed by atoms with E-state index in [1.807, 2.05) is 6.92 Å². The van der Waals surface area contributed by atoms with Crippen molar-refractivity contribution in [2.45, 2.75) is 50.4 Å². The van der Waals surface area contributed by atoms with E-state index in [1.165, 1.54) is 0 Å². The lowest BCUT2D eigenvalue weighted by atomic mass is 9.90. The van der Waals surface area contributed by atoms with Gasteiger partial charge in [0.05, 0.1) is 24.2 Å². The van der Waals surface area contributed by atoms with Gasteiger partial charge in [-0.15, -0.1) is 11.6 Å². The minimum atomic E-state index is 0.0610. The quantitative estimate of drug-likeness (QED) is 0.635. The molecule has 1 fully saturated rings. The van der Waals surface area contributed by atoms with Crippen LogP contribution in [0.3, 0.4) is 0 Å². The maximum absolute atomic E-state index is 6.07. The van der Waals surface area contributed by atoms with Gasteiger partial charge in [-0.1, -0.05) is 6.92 Å². The van der Waals surface area contributed by atoms with Crippen molar-refractivity contribution >= 4 is 11.6 Å². The highest BCUT2D eigenvalue weighted by Gasteiger charge is 2.42. The summed E-state index contributed by atoms with van der Waals surface area (Å²) >= 11 is 6.07. The van der Waals surface area contributed by atoms with Crippen LogP contribution in [0.5, 0.6) is 0 Å². The van der Waals surface area contributed by atoms with Crippen LogP contribution in [-0.2, 0) is 14.2 Å². The molecule has 0 aliphatic heterocycles. The third-order valence-electron chi connectivity index (χ3n) is 2.50. The molecule has 4 heteroatoms. The highest BCUT2D eigenvalue weighted by Crippen LogP contribution is 2.32. The summed E-state index contributed by atoms with van der Waals surface area (Å²) in [5.74, 6) is 0. The van der Waals surface area contributed by atoms with Gasteiger partial charge in [0.15, 0.2) is 0 Å². The van der Waals surface area contributed by atoms with Gasteiger partial charge in [0, 0.05) is 13.7 Å². The Morgan fingerprint density at radius 1 is 1.47 bits per heavy atom. The summed E-state index contributed by atoms with van der Waals surface area (Å²) in [5, 5.41) is 0.108. The fourth-order valence-corrected chi connectivity index (χ4v) is 2.11. The van der Waals surface area contributed by atoms with Crippen molar-refractivity contribution in [3.63, 3.8) is 0 Å². The average Bonchev–Trinajstić information content (AvgIpc) is 2.18. The molecule has 0 radical (unpaired) electrons. The zero-order valence-electron chi connectivity index (χ0n) is 9.74. The van der Waals surface area contributed by atoms with Crippen LogP contribution in [0.2, 0.25) is 0 Å². The molecule has 0 bridgehead atoms. The van der Waals surface area contributed by atoms with E-state index in [9.17, 15) is 0 Å². The second kappa shape index (κ2) is 6.69. The van der Waals surface area contributed by atoms with Crippen LogP contribution in [-0.4, -0.2) is 44.0 Å². The third-order valence-corrected chi connectivity index (χ3v) is 2.93. The maximum Gasteiger partial charge on any atom is 0.100 e. The number of alkyl halides is 1. The fourth-order valence-electron chi connectivity index (χ4n) is 1.70. The maximum atomic E-state index is 6.07. The summed E-state index contributed by atoms with van der Waals surface area (Å²) in [6.45, 7) is 5.46. The van der Waals surface area contributed by atoms with Crippen LogP contribution in [0, 0.1) is 0 Å². The first-order chi connectivity index (χ1) is 7.19. The summed E-state index contributed by atoms with van der Waals surface area (Å²) in [6, 6.07) is 0. The number of ether oxygens (including phenoxy) is 3. The van der Waals surface area contributed by atoms with Crippen molar-refractivity contribution in [2.75, 3.05) is 20.3 Å². The molecule has 4 atom stereocenters. The van der Waals surface area contributed by atoms with Crippen molar-refractivity contribution in [3.05, 3.63) is 0 Å². The Labute approximate surface area is 97.0 Å². The Balaban J connectivity index is 2.23. The van der Waals surface area contributed by atoms with E-state index in [2.05, 4.69) is 6.92 Å². The average molecular weight is 237 g/mol.